The minimum absolute atomic E-state index is 0.660. The molecule has 0 spiro atoms. The summed E-state index contributed by atoms with van der Waals surface area (Å²) in [6.45, 7) is 0.929. The Labute approximate surface area is 117 Å². The molecule has 1 heterocycles. The molecule has 96 valence electrons. The van der Waals surface area contributed by atoms with Crippen LogP contribution in [-0.4, -0.2) is 22.8 Å². The van der Waals surface area contributed by atoms with Crippen LogP contribution >= 0.6 is 23.1 Å². The predicted molar refractivity (Wildman–Crippen MR) is 79.9 cm³/mol. The largest absolute Gasteiger partial charge is 0.358 e. The number of aromatic nitrogens is 1. The van der Waals surface area contributed by atoms with Gasteiger partial charge in [-0.2, -0.15) is 4.37 Å². The van der Waals surface area contributed by atoms with Crippen LogP contribution in [0.5, 0.6) is 0 Å². The van der Waals surface area contributed by atoms with Crippen molar-refractivity contribution in [1.29, 1.82) is 0 Å². The zero-order chi connectivity index (χ0) is 12.4. The number of rotatable bonds is 4. The van der Waals surface area contributed by atoms with Gasteiger partial charge in [-0.15, -0.1) is 11.6 Å². The molecule has 0 bridgehead atoms. The summed E-state index contributed by atoms with van der Waals surface area (Å²) in [6.07, 6.45) is 5.28. The molecule has 0 unspecified atom stereocenters. The first-order valence-corrected chi connectivity index (χ1v) is 7.88. The molecule has 1 aliphatic carbocycles. The maximum Gasteiger partial charge on any atom is 0.120 e. The molecule has 0 atom stereocenters. The zero-order valence-electron chi connectivity index (χ0n) is 10.3. The van der Waals surface area contributed by atoms with Gasteiger partial charge in [0.25, 0.3) is 0 Å². The lowest BCUT2D eigenvalue weighted by Gasteiger charge is -2.29. The Balaban J connectivity index is 1.98. The van der Waals surface area contributed by atoms with Gasteiger partial charge in [-0.3, -0.25) is 0 Å². The molecule has 1 aromatic carbocycles. The van der Waals surface area contributed by atoms with E-state index in [4.69, 9.17) is 11.6 Å². The predicted octanol–water partition coefficient (Wildman–Crippen LogP) is 4.28. The average molecular weight is 281 g/mol. The molecule has 0 radical (unpaired) electrons. The van der Waals surface area contributed by atoms with Gasteiger partial charge in [0.1, 0.15) is 5.00 Å². The Bertz CT molecular complexity index is 519. The van der Waals surface area contributed by atoms with Crippen LogP contribution in [-0.2, 0) is 0 Å². The molecular weight excluding hydrogens is 264 g/mol. The summed E-state index contributed by atoms with van der Waals surface area (Å²) in [5.41, 5.74) is 1.11. The topological polar surface area (TPSA) is 16.1 Å². The van der Waals surface area contributed by atoms with Crippen LogP contribution in [0.1, 0.15) is 25.7 Å². The van der Waals surface area contributed by atoms with E-state index in [2.05, 4.69) is 27.5 Å². The molecule has 2 nitrogen and oxygen atoms in total. The Hall–Kier alpha value is -0.800. The second-order valence-corrected chi connectivity index (χ2v) is 5.96. The minimum atomic E-state index is 0.660. The van der Waals surface area contributed by atoms with Gasteiger partial charge in [0.15, 0.2) is 0 Å². The number of anilines is 1. The van der Waals surface area contributed by atoms with Gasteiger partial charge in [0, 0.05) is 23.9 Å². The second-order valence-electron chi connectivity index (χ2n) is 4.83. The second kappa shape index (κ2) is 5.45. The van der Waals surface area contributed by atoms with Crippen LogP contribution in [0, 0.1) is 0 Å². The van der Waals surface area contributed by atoms with Crippen molar-refractivity contribution in [3.63, 3.8) is 0 Å². The Kier molecular flexibility index (Phi) is 3.71. The van der Waals surface area contributed by atoms with Crippen LogP contribution < -0.4 is 4.90 Å². The van der Waals surface area contributed by atoms with E-state index in [1.54, 1.807) is 11.5 Å². The van der Waals surface area contributed by atoms with Crippen LogP contribution in [0.3, 0.4) is 0 Å². The quantitative estimate of drug-likeness (QED) is 0.777. The molecule has 1 fully saturated rings. The van der Waals surface area contributed by atoms with Crippen molar-refractivity contribution in [1.82, 2.24) is 4.37 Å². The van der Waals surface area contributed by atoms with Crippen LogP contribution in [0.4, 0.5) is 5.00 Å². The van der Waals surface area contributed by atoms with Gasteiger partial charge >= 0.3 is 0 Å². The summed E-state index contributed by atoms with van der Waals surface area (Å²) in [5, 5.41) is 2.58. The fourth-order valence-corrected chi connectivity index (χ4v) is 3.98. The summed E-state index contributed by atoms with van der Waals surface area (Å²) in [5.74, 6) is 0.683. The SMILES string of the molecule is ClCCN(c1snc2ccccc12)C1CCCC1. The fraction of sp³-hybridized carbons (Fsp3) is 0.500. The molecular formula is C14H17ClN2S. The monoisotopic (exact) mass is 280 g/mol. The number of nitrogens with zero attached hydrogens (tertiary/aromatic N) is 2. The number of hydrogen-bond acceptors (Lipinski definition) is 3. The lowest BCUT2D eigenvalue weighted by atomic mass is 10.2. The number of alkyl halides is 1. The van der Waals surface area contributed by atoms with Crippen molar-refractivity contribution in [2.75, 3.05) is 17.3 Å². The molecule has 3 rings (SSSR count). The summed E-state index contributed by atoms with van der Waals surface area (Å²) in [7, 11) is 0. The molecule has 0 amide bonds. The molecule has 1 saturated carbocycles. The van der Waals surface area contributed by atoms with Crippen LogP contribution in [0.2, 0.25) is 0 Å². The average Bonchev–Trinajstić information content (AvgIpc) is 3.06. The Morgan fingerprint density at radius 2 is 2.06 bits per heavy atom. The highest BCUT2D eigenvalue weighted by molar-refractivity contribution is 7.11. The lowest BCUT2D eigenvalue weighted by Crippen LogP contribution is -2.34. The van der Waals surface area contributed by atoms with Crippen molar-refractivity contribution in [3.8, 4) is 0 Å². The van der Waals surface area contributed by atoms with Gasteiger partial charge in [-0.05, 0) is 36.5 Å². The summed E-state index contributed by atoms with van der Waals surface area (Å²) >= 11 is 7.60. The number of fused-ring (bicyclic) bond motifs is 1. The summed E-state index contributed by atoms with van der Waals surface area (Å²) in [4.78, 5) is 2.49. The van der Waals surface area contributed by atoms with E-state index in [1.165, 1.54) is 36.1 Å². The van der Waals surface area contributed by atoms with Crippen molar-refractivity contribution in [3.05, 3.63) is 24.3 Å². The van der Waals surface area contributed by atoms with Crippen molar-refractivity contribution >= 4 is 39.0 Å². The van der Waals surface area contributed by atoms with E-state index in [9.17, 15) is 0 Å². The smallest absolute Gasteiger partial charge is 0.120 e. The highest BCUT2D eigenvalue weighted by Crippen LogP contribution is 2.36. The Morgan fingerprint density at radius 1 is 1.28 bits per heavy atom. The third-order valence-electron chi connectivity index (χ3n) is 3.72. The van der Waals surface area contributed by atoms with E-state index in [0.717, 1.165) is 12.1 Å². The number of halogens is 1. The third kappa shape index (κ3) is 2.21. The number of benzene rings is 1. The molecule has 18 heavy (non-hydrogen) atoms. The highest BCUT2D eigenvalue weighted by atomic mass is 35.5. The van der Waals surface area contributed by atoms with Gasteiger partial charge in [-0.25, -0.2) is 0 Å². The third-order valence-corrected chi connectivity index (χ3v) is 4.80. The van der Waals surface area contributed by atoms with Crippen LogP contribution in [0.25, 0.3) is 10.9 Å². The van der Waals surface area contributed by atoms with E-state index in [0.29, 0.717) is 11.9 Å². The fourth-order valence-electron chi connectivity index (χ4n) is 2.84. The maximum atomic E-state index is 5.99. The van der Waals surface area contributed by atoms with Crippen molar-refractivity contribution < 1.29 is 0 Å². The molecule has 0 saturated heterocycles. The first-order valence-electron chi connectivity index (χ1n) is 6.57. The molecule has 2 aromatic rings. The molecule has 0 aliphatic heterocycles. The molecule has 4 heteroatoms. The van der Waals surface area contributed by atoms with Crippen molar-refractivity contribution in [2.45, 2.75) is 31.7 Å². The van der Waals surface area contributed by atoms with E-state index in [-0.39, 0.29) is 0 Å². The first kappa shape index (κ1) is 12.2. The highest BCUT2D eigenvalue weighted by Gasteiger charge is 2.25. The van der Waals surface area contributed by atoms with E-state index >= 15 is 0 Å². The molecule has 1 aliphatic rings. The Morgan fingerprint density at radius 3 is 2.83 bits per heavy atom. The molecule has 0 N–H and O–H groups in total. The summed E-state index contributed by atoms with van der Waals surface area (Å²) in [6, 6.07) is 9.06. The van der Waals surface area contributed by atoms with Crippen molar-refractivity contribution in [2.24, 2.45) is 0 Å². The normalized spacial score (nSPS) is 16.5. The van der Waals surface area contributed by atoms with Crippen LogP contribution in [0.15, 0.2) is 24.3 Å². The lowest BCUT2D eigenvalue weighted by molar-refractivity contribution is 0.627. The zero-order valence-corrected chi connectivity index (χ0v) is 11.9. The van der Waals surface area contributed by atoms with E-state index in [1.807, 2.05) is 6.07 Å². The van der Waals surface area contributed by atoms with Gasteiger partial charge < -0.3 is 4.90 Å². The standard InChI is InChI=1S/C14H17ClN2S/c15-9-10-17(11-5-1-2-6-11)14-12-7-3-4-8-13(12)16-18-14/h3-4,7-8,11H,1-2,5-6,9-10H2. The first-order chi connectivity index (χ1) is 8.90. The number of hydrogen-bond donors (Lipinski definition) is 0. The van der Waals surface area contributed by atoms with Gasteiger partial charge in [-0.1, -0.05) is 25.0 Å². The molecule has 1 aromatic heterocycles. The van der Waals surface area contributed by atoms with E-state index < -0.39 is 0 Å². The summed E-state index contributed by atoms with van der Waals surface area (Å²) < 4.78 is 4.55. The van der Waals surface area contributed by atoms with Gasteiger partial charge in [0.05, 0.1) is 5.52 Å². The maximum absolute atomic E-state index is 5.99. The minimum Gasteiger partial charge on any atom is -0.358 e. The van der Waals surface area contributed by atoms with Gasteiger partial charge in [0.2, 0.25) is 0 Å².